The molecule has 1 fully saturated rings. The molecule has 0 bridgehead atoms. The Morgan fingerprint density at radius 1 is 1.40 bits per heavy atom. The summed E-state index contributed by atoms with van der Waals surface area (Å²) in [5, 5.41) is 0. The van der Waals surface area contributed by atoms with Crippen molar-refractivity contribution in [1.82, 2.24) is 0 Å². The van der Waals surface area contributed by atoms with Crippen molar-refractivity contribution >= 4 is 5.97 Å². The molecule has 20 heavy (non-hydrogen) atoms. The molecule has 0 unspecified atom stereocenters. The maximum atomic E-state index is 12.5. The summed E-state index contributed by atoms with van der Waals surface area (Å²) in [6, 6.07) is 0. The van der Waals surface area contributed by atoms with Gasteiger partial charge >= 0.3 is 5.97 Å². The molecule has 114 valence electrons. The molecule has 0 aromatic heterocycles. The van der Waals surface area contributed by atoms with E-state index in [4.69, 9.17) is 4.74 Å². The fourth-order valence-electron chi connectivity index (χ4n) is 4.81. The van der Waals surface area contributed by atoms with Crippen LogP contribution in [0.4, 0.5) is 0 Å². The first kappa shape index (κ1) is 15.6. The number of carbonyl (C=O) groups excluding carboxylic acids is 1. The zero-order chi connectivity index (χ0) is 15.1. The van der Waals surface area contributed by atoms with Gasteiger partial charge in [0.15, 0.2) is 0 Å². The van der Waals surface area contributed by atoms with Gasteiger partial charge in [0.05, 0.1) is 12.5 Å². The van der Waals surface area contributed by atoms with Gasteiger partial charge in [-0.2, -0.15) is 0 Å². The third kappa shape index (κ3) is 2.21. The minimum Gasteiger partial charge on any atom is -0.466 e. The first-order valence-electron chi connectivity index (χ1n) is 8.08. The lowest BCUT2D eigenvalue weighted by atomic mass is 9.46. The lowest BCUT2D eigenvalue weighted by Gasteiger charge is -2.58. The molecule has 0 N–H and O–H groups in total. The zero-order valence-corrected chi connectivity index (χ0v) is 14.0. The maximum Gasteiger partial charge on any atom is 0.313 e. The summed E-state index contributed by atoms with van der Waals surface area (Å²) in [5.41, 5.74) is 1.56. The lowest BCUT2D eigenvalue weighted by Crippen LogP contribution is -2.53. The molecule has 0 saturated heterocycles. The summed E-state index contributed by atoms with van der Waals surface area (Å²) in [4.78, 5) is 12.5. The summed E-state index contributed by atoms with van der Waals surface area (Å²) in [5.74, 6) is 1.22. The average molecular weight is 278 g/mol. The van der Waals surface area contributed by atoms with E-state index in [9.17, 15) is 4.79 Å². The molecule has 0 radical (unpaired) electrons. The Kier molecular flexibility index (Phi) is 4.05. The molecule has 0 amide bonds. The van der Waals surface area contributed by atoms with Crippen LogP contribution in [0, 0.1) is 28.6 Å². The van der Waals surface area contributed by atoms with Gasteiger partial charge in [-0.25, -0.2) is 0 Å². The highest BCUT2D eigenvalue weighted by Crippen LogP contribution is 2.61. The summed E-state index contributed by atoms with van der Waals surface area (Å²) in [7, 11) is 0. The normalized spacial score (nSPS) is 39.7. The van der Waals surface area contributed by atoms with Gasteiger partial charge in [-0.15, -0.1) is 0 Å². The quantitative estimate of drug-likeness (QED) is 0.545. The summed E-state index contributed by atoms with van der Waals surface area (Å²) < 4.78 is 5.38. The Labute approximate surface area is 124 Å². The molecular formula is C18H30O2. The van der Waals surface area contributed by atoms with Gasteiger partial charge in [0, 0.05) is 0 Å². The predicted octanol–water partition coefficient (Wildman–Crippen LogP) is 4.59. The van der Waals surface area contributed by atoms with Gasteiger partial charge in [0.1, 0.15) is 0 Å². The number of hydrogen-bond acceptors (Lipinski definition) is 2. The van der Waals surface area contributed by atoms with E-state index >= 15 is 0 Å². The van der Waals surface area contributed by atoms with Gasteiger partial charge in [-0.3, -0.25) is 4.79 Å². The molecule has 0 aromatic rings. The number of allylic oxidation sites excluding steroid dienone is 1. The van der Waals surface area contributed by atoms with Crippen LogP contribution in [0.2, 0.25) is 0 Å². The number of esters is 1. The lowest BCUT2D eigenvalue weighted by molar-refractivity contribution is -0.159. The van der Waals surface area contributed by atoms with Crippen LogP contribution < -0.4 is 0 Å². The van der Waals surface area contributed by atoms with Crippen molar-refractivity contribution in [2.24, 2.45) is 28.6 Å². The van der Waals surface area contributed by atoms with Crippen molar-refractivity contribution in [1.29, 1.82) is 0 Å². The fraction of sp³-hybridized carbons (Fsp3) is 0.833. The molecule has 2 nitrogen and oxygen atoms in total. The van der Waals surface area contributed by atoms with E-state index in [1.807, 2.05) is 6.92 Å². The highest BCUT2D eigenvalue weighted by molar-refractivity contribution is 5.77. The summed E-state index contributed by atoms with van der Waals surface area (Å²) in [6.45, 7) is 13.9. The Bertz CT molecular complexity index is 421. The van der Waals surface area contributed by atoms with E-state index in [0.29, 0.717) is 12.5 Å². The smallest absolute Gasteiger partial charge is 0.313 e. The van der Waals surface area contributed by atoms with E-state index < -0.39 is 0 Å². The fourth-order valence-corrected chi connectivity index (χ4v) is 4.81. The van der Waals surface area contributed by atoms with Crippen molar-refractivity contribution in [2.75, 3.05) is 6.61 Å². The van der Waals surface area contributed by atoms with Crippen LogP contribution in [0.1, 0.15) is 60.8 Å². The van der Waals surface area contributed by atoms with Crippen molar-refractivity contribution < 1.29 is 9.53 Å². The van der Waals surface area contributed by atoms with E-state index in [0.717, 1.165) is 18.8 Å². The first-order chi connectivity index (χ1) is 9.25. The Hall–Kier alpha value is -0.790. The zero-order valence-electron chi connectivity index (χ0n) is 14.0. The van der Waals surface area contributed by atoms with Gasteiger partial charge in [0.2, 0.25) is 0 Å². The van der Waals surface area contributed by atoms with Crippen molar-refractivity contribution in [3.05, 3.63) is 11.6 Å². The van der Waals surface area contributed by atoms with Gasteiger partial charge in [-0.05, 0) is 55.8 Å². The highest BCUT2D eigenvalue weighted by atomic mass is 16.5. The largest absolute Gasteiger partial charge is 0.466 e. The van der Waals surface area contributed by atoms with Crippen LogP contribution in [-0.4, -0.2) is 12.6 Å². The average Bonchev–Trinajstić information content (AvgIpc) is 2.34. The van der Waals surface area contributed by atoms with Gasteiger partial charge in [0.25, 0.3) is 0 Å². The molecule has 0 aromatic carbocycles. The third-order valence-corrected chi connectivity index (χ3v) is 6.39. The van der Waals surface area contributed by atoms with Crippen LogP contribution in [0.3, 0.4) is 0 Å². The van der Waals surface area contributed by atoms with Gasteiger partial charge in [-0.1, -0.05) is 39.3 Å². The molecule has 0 heterocycles. The number of fused-ring (bicyclic) bond motifs is 1. The number of carbonyl (C=O) groups is 1. The molecule has 2 aliphatic rings. The van der Waals surface area contributed by atoms with E-state index in [2.05, 4.69) is 40.7 Å². The van der Waals surface area contributed by atoms with Crippen LogP contribution in [-0.2, 0) is 9.53 Å². The standard InChI is InChI=1S/C18H30O2/c1-7-20-16(19)15-12(2)8-9-14-17(4,5)13(3)10-11-18(14,15)6/h8,13-15H,7,9-11H2,1-6H3/t13-,14-,15+,18-/m0/s1. The predicted molar refractivity (Wildman–Crippen MR) is 82.3 cm³/mol. The van der Waals surface area contributed by atoms with Crippen LogP contribution in [0.15, 0.2) is 11.6 Å². The topological polar surface area (TPSA) is 26.3 Å². The Morgan fingerprint density at radius 2 is 2.05 bits per heavy atom. The van der Waals surface area contributed by atoms with Crippen molar-refractivity contribution in [3.63, 3.8) is 0 Å². The minimum atomic E-state index is -0.0482. The minimum absolute atomic E-state index is 0.0150. The van der Waals surface area contributed by atoms with Gasteiger partial charge < -0.3 is 4.74 Å². The SMILES string of the molecule is CCOC(=O)[C@H]1C(C)=CC[C@H]2C(C)(C)[C@@H](C)CC[C@]12C. The van der Waals surface area contributed by atoms with E-state index in [1.165, 1.54) is 12.0 Å². The molecule has 1 saturated carbocycles. The summed E-state index contributed by atoms with van der Waals surface area (Å²) >= 11 is 0. The molecule has 4 atom stereocenters. The number of hydrogen-bond donors (Lipinski definition) is 0. The Morgan fingerprint density at radius 3 is 2.65 bits per heavy atom. The third-order valence-electron chi connectivity index (χ3n) is 6.39. The number of rotatable bonds is 2. The van der Waals surface area contributed by atoms with E-state index in [-0.39, 0.29) is 22.7 Å². The van der Waals surface area contributed by atoms with Crippen LogP contribution in [0.25, 0.3) is 0 Å². The monoisotopic (exact) mass is 278 g/mol. The molecule has 2 heteroatoms. The summed E-state index contributed by atoms with van der Waals surface area (Å²) in [6.07, 6.45) is 5.74. The highest BCUT2D eigenvalue weighted by Gasteiger charge is 2.56. The molecule has 2 aliphatic carbocycles. The van der Waals surface area contributed by atoms with Crippen molar-refractivity contribution in [2.45, 2.75) is 60.8 Å². The second-order valence-corrected chi connectivity index (χ2v) is 7.69. The molecular weight excluding hydrogens is 248 g/mol. The Balaban J connectivity index is 2.41. The second-order valence-electron chi connectivity index (χ2n) is 7.69. The van der Waals surface area contributed by atoms with Crippen LogP contribution in [0.5, 0.6) is 0 Å². The van der Waals surface area contributed by atoms with Crippen LogP contribution >= 0.6 is 0 Å². The molecule has 0 spiro atoms. The molecule has 2 rings (SSSR count). The second kappa shape index (κ2) is 5.20. The first-order valence-corrected chi connectivity index (χ1v) is 8.08. The molecule has 0 aliphatic heterocycles. The van der Waals surface area contributed by atoms with E-state index in [1.54, 1.807) is 0 Å². The van der Waals surface area contributed by atoms with Crippen molar-refractivity contribution in [3.8, 4) is 0 Å². The number of ether oxygens (including phenoxy) is 1. The maximum absolute atomic E-state index is 12.5.